The number of anilines is 1. The van der Waals surface area contributed by atoms with Gasteiger partial charge in [0.25, 0.3) is 0 Å². The van der Waals surface area contributed by atoms with Gasteiger partial charge in [-0.2, -0.15) is 0 Å². The highest BCUT2D eigenvalue weighted by molar-refractivity contribution is 5.98. The summed E-state index contributed by atoms with van der Waals surface area (Å²) < 4.78 is 0. The molecule has 1 spiro atoms. The van der Waals surface area contributed by atoms with Gasteiger partial charge in [0.1, 0.15) is 0 Å². The van der Waals surface area contributed by atoms with Crippen LogP contribution in [0.5, 0.6) is 0 Å². The Hall–Kier alpha value is -1.06. The first kappa shape index (κ1) is 12.4. The Balaban J connectivity index is 0.00000108. The first-order chi connectivity index (χ1) is 7.64. The van der Waals surface area contributed by atoms with Gasteiger partial charge in [-0.3, -0.25) is 4.79 Å². The van der Waals surface area contributed by atoms with E-state index in [2.05, 4.69) is 6.07 Å². The van der Waals surface area contributed by atoms with Crippen LogP contribution in [0.4, 0.5) is 5.69 Å². The Labute approximate surface area is 107 Å². The fourth-order valence-corrected chi connectivity index (χ4v) is 2.82. The molecule has 1 saturated carbocycles. The Morgan fingerprint density at radius 2 is 2.00 bits per heavy atom. The lowest BCUT2D eigenvalue weighted by Gasteiger charge is -2.19. The fourth-order valence-electron chi connectivity index (χ4n) is 2.82. The third-order valence-corrected chi connectivity index (χ3v) is 3.95. The van der Waals surface area contributed by atoms with Crippen molar-refractivity contribution < 1.29 is 4.79 Å². The number of halogens is 1. The van der Waals surface area contributed by atoms with Crippen LogP contribution in [0, 0.1) is 0 Å². The average Bonchev–Trinajstić information content (AvgIpc) is 3.07. The van der Waals surface area contributed by atoms with Crippen LogP contribution in [0.25, 0.3) is 0 Å². The monoisotopic (exact) mass is 252 g/mol. The van der Waals surface area contributed by atoms with E-state index in [1.54, 1.807) is 4.90 Å². The zero-order valence-electron chi connectivity index (χ0n) is 9.85. The van der Waals surface area contributed by atoms with Gasteiger partial charge in [0.15, 0.2) is 0 Å². The van der Waals surface area contributed by atoms with Crippen molar-refractivity contribution >= 4 is 24.0 Å². The van der Waals surface area contributed by atoms with Gasteiger partial charge in [-0.05, 0) is 36.3 Å². The third-order valence-electron chi connectivity index (χ3n) is 3.95. The maximum atomic E-state index is 12.0. The summed E-state index contributed by atoms with van der Waals surface area (Å²) in [4.78, 5) is 13.7. The SMILES string of the molecule is CN1C(=O)[C@@H](N)CC2(CC2)c2ccccc21.Cl. The van der Waals surface area contributed by atoms with E-state index in [-0.39, 0.29) is 29.8 Å². The number of hydrogen-bond donors (Lipinski definition) is 1. The smallest absolute Gasteiger partial charge is 0.243 e. The molecule has 1 fully saturated rings. The van der Waals surface area contributed by atoms with Gasteiger partial charge >= 0.3 is 0 Å². The molecule has 0 saturated heterocycles. The summed E-state index contributed by atoms with van der Waals surface area (Å²) in [6.45, 7) is 0. The maximum absolute atomic E-state index is 12.0. The van der Waals surface area contributed by atoms with E-state index in [9.17, 15) is 4.79 Å². The first-order valence-corrected chi connectivity index (χ1v) is 5.77. The summed E-state index contributed by atoms with van der Waals surface area (Å²) >= 11 is 0. The van der Waals surface area contributed by atoms with Crippen molar-refractivity contribution in [3.05, 3.63) is 29.8 Å². The predicted octanol–water partition coefficient (Wildman–Crippen LogP) is 1.83. The van der Waals surface area contributed by atoms with Crippen LogP contribution < -0.4 is 10.6 Å². The highest BCUT2D eigenvalue weighted by atomic mass is 35.5. The number of fused-ring (bicyclic) bond motifs is 2. The Bertz CT molecular complexity index is 456. The van der Waals surface area contributed by atoms with Gasteiger partial charge in [-0.15, -0.1) is 12.4 Å². The Morgan fingerprint density at radius 3 is 2.65 bits per heavy atom. The molecule has 1 amide bonds. The number of nitrogens with two attached hydrogens (primary N) is 1. The van der Waals surface area contributed by atoms with Crippen molar-refractivity contribution in [1.82, 2.24) is 0 Å². The van der Waals surface area contributed by atoms with Crippen LogP contribution in [0.2, 0.25) is 0 Å². The van der Waals surface area contributed by atoms with E-state index in [0.717, 1.165) is 12.1 Å². The number of benzene rings is 1. The van der Waals surface area contributed by atoms with Gasteiger partial charge in [-0.1, -0.05) is 18.2 Å². The minimum absolute atomic E-state index is 0. The lowest BCUT2D eigenvalue weighted by molar-refractivity contribution is -0.119. The van der Waals surface area contributed by atoms with Gasteiger partial charge < -0.3 is 10.6 Å². The number of para-hydroxylation sites is 1. The molecule has 1 aromatic carbocycles. The predicted molar refractivity (Wildman–Crippen MR) is 70.6 cm³/mol. The van der Waals surface area contributed by atoms with Gasteiger partial charge in [0.2, 0.25) is 5.91 Å². The molecule has 0 radical (unpaired) electrons. The summed E-state index contributed by atoms with van der Waals surface area (Å²) in [5.41, 5.74) is 8.51. The van der Waals surface area contributed by atoms with Gasteiger partial charge in [-0.25, -0.2) is 0 Å². The van der Waals surface area contributed by atoms with Crippen molar-refractivity contribution in [3.63, 3.8) is 0 Å². The molecule has 1 aromatic rings. The van der Waals surface area contributed by atoms with Crippen LogP contribution >= 0.6 is 12.4 Å². The van der Waals surface area contributed by atoms with Crippen molar-refractivity contribution in [2.24, 2.45) is 5.73 Å². The third kappa shape index (κ3) is 1.74. The number of carbonyl (C=O) groups is 1. The van der Waals surface area contributed by atoms with Crippen molar-refractivity contribution in [2.75, 3.05) is 11.9 Å². The van der Waals surface area contributed by atoms with E-state index in [4.69, 9.17) is 5.73 Å². The molecule has 1 aliphatic carbocycles. The molecule has 0 unspecified atom stereocenters. The van der Waals surface area contributed by atoms with Crippen LogP contribution in [-0.4, -0.2) is 19.0 Å². The average molecular weight is 253 g/mol. The minimum Gasteiger partial charge on any atom is -0.320 e. The van der Waals surface area contributed by atoms with Crippen LogP contribution in [0.15, 0.2) is 24.3 Å². The molecule has 3 nitrogen and oxygen atoms in total. The van der Waals surface area contributed by atoms with E-state index < -0.39 is 0 Å². The molecule has 0 aromatic heterocycles. The largest absolute Gasteiger partial charge is 0.320 e. The molecular weight excluding hydrogens is 236 g/mol. The Kier molecular flexibility index (Phi) is 2.92. The molecule has 0 bridgehead atoms. The standard InChI is InChI=1S/C13H16N2O.ClH/c1-15-11-5-3-2-4-9(11)13(6-7-13)8-10(14)12(15)16;/h2-5,10H,6-8,14H2,1H3;1H/t10-;/m0./s1. The normalized spacial score (nSPS) is 24.9. The lowest BCUT2D eigenvalue weighted by atomic mass is 9.89. The highest BCUT2D eigenvalue weighted by Crippen LogP contribution is 2.55. The number of rotatable bonds is 0. The van der Waals surface area contributed by atoms with E-state index in [0.29, 0.717) is 0 Å². The van der Waals surface area contributed by atoms with Crippen molar-refractivity contribution in [3.8, 4) is 0 Å². The number of nitrogens with zero attached hydrogens (tertiary/aromatic N) is 1. The van der Waals surface area contributed by atoms with Crippen molar-refractivity contribution in [2.45, 2.75) is 30.7 Å². The molecule has 1 heterocycles. The molecule has 1 atom stereocenters. The molecule has 3 rings (SSSR count). The summed E-state index contributed by atoms with van der Waals surface area (Å²) in [6, 6.07) is 7.85. The maximum Gasteiger partial charge on any atom is 0.243 e. The number of likely N-dealkylation sites (N-methyl/N-ethyl adjacent to an activating group) is 1. The zero-order valence-corrected chi connectivity index (χ0v) is 10.7. The molecular formula is C13H17ClN2O. The van der Waals surface area contributed by atoms with Crippen LogP contribution in [0.1, 0.15) is 24.8 Å². The second kappa shape index (κ2) is 4.00. The number of amides is 1. The van der Waals surface area contributed by atoms with Crippen molar-refractivity contribution in [1.29, 1.82) is 0 Å². The summed E-state index contributed by atoms with van der Waals surface area (Å²) in [5, 5.41) is 0. The number of carbonyl (C=O) groups excluding carboxylic acids is 1. The molecule has 1 aliphatic heterocycles. The van der Waals surface area contributed by atoms with E-state index in [1.807, 2.05) is 25.2 Å². The molecule has 4 heteroatoms. The van der Waals surface area contributed by atoms with Crippen LogP contribution in [0.3, 0.4) is 0 Å². The summed E-state index contributed by atoms with van der Waals surface area (Å²) in [6.07, 6.45) is 3.13. The van der Waals surface area contributed by atoms with Crippen LogP contribution in [-0.2, 0) is 10.2 Å². The Morgan fingerprint density at radius 1 is 1.35 bits per heavy atom. The second-order valence-electron chi connectivity index (χ2n) is 5.01. The molecule has 92 valence electrons. The quantitative estimate of drug-likeness (QED) is 0.766. The molecule has 17 heavy (non-hydrogen) atoms. The second-order valence-corrected chi connectivity index (χ2v) is 5.01. The topological polar surface area (TPSA) is 46.3 Å². The van der Waals surface area contributed by atoms with Gasteiger partial charge in [0, 0.05) is 12.7 Å². The number of hydrogen-bond acceptors (Lipinski definition) is 2. The zero-order chi connectivity index (χ0) is 11.3. The minimum atomic E-state index is -0.347. The fraction of sp³-hybridized carbons (Fsp3) is 0.462. The first-order valence-electron chi connectivity index (χ1n) is 5.77. The van der Waals surface area contributed by atoms with E-state index in [1.165, 1.54) is 18.4 Å². The van der Waals surface area contributed by atoms with E-state index >= 15 is 0 Å². The summed E-state index contributed by atoms with van der Waals surface area (Å²) in [7, 11) is 1.82. The van der Waals surface area contributed by atoms with Gasteiger partial charge in [0.05, 0.1) is 6.04 Å². The highest BCUT2D eigenvalue weighted by Gasteiger charge is 2.50. The molecule has 2 aliphatic rings. The molecule has 2 N–H and O–H groups in total. The lowest BCUT2D eigenvalue weighted by Crippen LogP contribution is -2.41. The summed E-state index contributed by atoms with van der Waals surface area (Å²) in [5.74, 6) is 0.0382.